The molecule has 1 aromatic rings. The summed E-state index contributed by atoms with van der Waals surface area (Å²) in [6.07, 6.45) is 0.489. The Morgan fingerprint density at radius 1 is 1.50 bits per heavy atom. The number of carbonyl (C=O) groups is 2. The fraction of sp³-hybridized carbons (Fsp3) is 0.467. The lowest BCUT2D eigenvalue weighted by Crippen LogP contribution is -2.45. The molecule has 2 atom stereocenters. The number of hydrogen-bond acceptors (Lipinski definition) is 3. The van der Waals surface area contributed by atoms with Gasteiger partial charge in [-0.05, 0) is 31.9 Å². The predicted octanol–water partition coefficient (Wildman–Crippen LogP) is 2.87. The molecule has 0 spiro atoms. The maximum absolute atomic E-state index is 13.8. The molecule has 2 N–H and O–H groups in total. The van der Waals surface area contributed by atoms with E-state index >= 15 is 0 Å². The predicted molar refractivity (Wildman–Crippen MR) is 79.8 cm³/mol. The average molecular weight is 329 g/mol. The van der Waals surface area contributed by atoms with Gasteiger partial charge >= 0.3 is 12.0 Å². The second-order valence-electron chi connectivity index (χ2n) is 5.34. The van der Waals surface area contributed by atoms with E-state index in [9.17, 15) is 14.0 Å². The molecule has 7 heteroatoms. The first kappa shape index (κ1) is 16.5. The number of urea groups is 1. The van der Waals surface area contributed by atoms with E-state index in [1.807, 2.05) is 0 Å². The van der Waals surface area contributed by atoms with Crippen LogP contribution in [0, 0.1) is 11.7 Å². The van der Waals surface area contributed by atoms with E-state index in [4.69, 9.17) is 22.1 Å². The molecule has 0 aromatic heterocycles. The zero-order valence-electron chi connectivity index (χ0n) is 12.2. The van der Waals surface area contributed by atoms with Gasteiger partial charge in [0.1, 0.15) is 11.9 Å². The Morgan fingerprint density at radius 3 is 2.86 bits per heavy atom. The molecule has 1 saturated heterocycles. The summed E-state index contributed by atoms with van der Waals surface area (Å²) in [5, 5.41) is 0.211. The van der Waals surface area contributed by atoms with Crippen LogP contribution in [-0.4, -0.2) is 30.0 Å². The van der Waals surface area contributed by atoms with Crippen molar-refractivity contribution in [2.75, 3.05) is 13.1 Å². The second-order valence-corrected chi connectivity index (χ2v) is 5.75. The van der Waals surface area contributed by atoms with Gasteiger partial charge in [0.05, 0.1) is 10.9 Å². The average Bonchev–Trinajstić information content (AvgIpc) is 2.47. The molecule has 120 valence electrons. The summed E-state index contributed by atoms with van der Waals surface area (Å²) in [6, 6.07) is 3.74. The molecule has 0 unspecified atom stereocenters. The number of nitrogens with two attached hydrogens (primary N) is 1. The summed E-state index contributed by atoms with van der Waals surface area (Å²) in [5.41, 5.74) is 5.38. The van der Waals surface area contributed by atoms with Crippen molar-refractivity contribution >= 4 is 23.6 Å². The lowest BCUT2D eigenvalue weighted by atomic mass is 9.98. The minimum atomic E-state index is -0.801. The number of primary amides is 1. The van der Waals surface area contributed by atoms with Gasteiger partial charge in [-0.3, -0.25) is 4.79 Å². The van der Waals surface area contributed by atoms with Crippen LogP contribution in [0.4, 0.5) is 9.18 Å². The van der Waals surface area contributed by atoms with E-state index in [0.717, 1.165) is 0 Å². The topological polar surface area (TPSA) is 72.6 Å². The Hall–Kier alpha value is -1.82. The molecule has 0 saturated carbocycles. The summed E-state index contributed by atoms with van der Waals surface area (Å²) in [5.74, 6) is -1.44. The van der Waals surface area contributed by atoms with Crippen molar-refractivity contribution in [3.05, 3.63) is 34.6 Å². The number of likely N-dealkylation sites (tertiary alicyclic amines) is 1. The quantitative estimate of drug-likeness (QED) is 0.867. The highest BCUT2D eigenvalue weighted by Gasteiger charge is 2.30. The molecule has 2 amide bonds. The molecule has 0 bridgehead atoms. The Bertz CT molecular complexity index is 562. The number of rotatable bonds is 3. The second kappa shape index (κ2) is 6.96. The van der Waals surface area contributed by atoms with Crippen LogP contribution >= 0.6 is 11.6 Å². The van der Waals surface area contributed by atoms with Crippen LogP contribution in [0.5, 0.6) is 0 Å². The molecular weight excluding hydrogens is 311 g/mol. The lowest BCUT2D eigenvalue weighted by Gasteiger charge is -2.30. The molecule has 1 heterocycles. The van der Waals surface area contributed by atoms with Crippen molar-refractivity contribution in [1.29, 1.82) is 0 Å². The van der Waals surface area contributed by atoms with E-state index in [0.29, 0.717) is 19.4 Å². The highest BCUT2D eigenvalue weighted by atomic mass is 35.5. The van der Waals surface area contributed by atoms with Crippen molar-refractivity contribution in [3.8, 4) is 0 Å². The largest absolute Gasteiger partial charge is 0.457 e. The third kappa shape index (κ3) is 3.68. The minimum Gasteiger partial charge on any atom is -0.457 e. The first-order valence-electron chi connectivity index (χ1n) is 7.09. The molecule has 1 aromatic carbocycles. The molecule has 2 rings (SSSR count). The van der Waals surface area contributed by atoms with Gasteiger partial charge in [-0.25, -0.2) is 9.18 Å². The number of hydrogen-bond donors (Lipinski definition) is 1. The fourth-order valence-electron chi connectivity index (χ4n) is 2.60. The van der Waals surface area contributed by atoms with Crippen molar-refractivity contribution in [3.63, 3.8) is 0 Å². The summed E-state index contributed by atoms with van der Waals surface area (Å²) < 4.78 is 19.1. The summed E-state index contributed by atoms with van der Waals surface area (Å²) in [6.45, 7) is 2.33. The number of piperidine rings is 1. The van der Waals surface area contributed by atoms with Crippen molar-refractivity contribution < 1.29 is 18.7 Å². The molecular formula is C15H18ClFN2O3. The van der Waals surface area contributed by atoms with E-state index in [-0.39, 0.29) is 17.1 Å². The molecule has 1 fully saturated rings. The van der Waals surface area contributed by atoms with Gasteiger partial charge in [0.25, 0.3) is 0 Å². The lowest BCUT2D eigenvalue weighted by molar-refractivity contribution is -0.155. The number of nitrogens with zero attached hydrogens (tertiary/aromatic N) is 1. The van der Waals surface area contributed by atoms with E-state index in [1.165, 1.54) is 17.0 Å². The summed E-state index contributed by atoms with van der Waals surface area (Å²) >= 11 is 5.96. The number of ether oxygens (including phenoxy) is 1. The van der Waals surface area contributed by atoms with Gasteiger partial charge in [-0.15, -0.1) is 0 Å². The first-order chi connectivity index (χ1) is 10.4. The van der Waals surface area contributed by atoms with Crippen LogP contribution in [0.15, 0.2) is 18.2 Å². The Labute approximate surface area is 133 Å². The van der Waals surface area contributed by atoms with E-state index in [2.05, 4.69) is 0 Å². The zero-order valence-corrected chi connectivity index (χ0v) is 13.0. The van der Waals surface area contributed by atoms with Gasteiger partial charge in [0.2, 0.25) is 0 Å². The number of halogens is 2. The maximum Gasteiger partial charge on any atom is 0.314 e. The molecule has 1 aliphatic heterocycles. The highest BCUT2D eigenvalue weighted by molar-refractivity contribution is 6.31. The van der Waals surface area contributed by atoms with Gasteiger partial charge < -0.3 is 15.4 Å². The molecule has 0 radical (unpaired) electrons. The van der Waals surface area contributed by atoms with Crippen LogP contribution in [-0.2, 0) is 9.53 Å². The van der Waals surface area contributed by atoms with Gasteiger partial charge in [0, 0.05) is 18.7 Å². The number of carbonyl (C=O) groups excluding carboxylic acids is 2. The zero-order chi connectivity index (χ0) is 16.3. The highest BCUT2D eigenvalue weighted by Crippen LogP contribution is 2.29. The number of benzene rings is 1. The maximum atomic E-state index is 13.8. The van der Waals surface area contributed by atoms with Crippen molar-refractivity contribution in [2.24, 2.45) is 11.7 Å². The Morgan fingerprint density at radius 2 is 2.23 bits per heavy atom. The van der Waals surface area contributed by atoms with Crippen LogP contribution in [0.3, 0.4) is 0 Å². The first-order valence-corrected chi connectivity index (χ1v) is 7.46. The Kier molecular flexibility index (Phi) is 5.24. The van der Waals surface area contributed by atoms with Crippen molar-refractivity contribution in [2.45, 2.75) is 25.9 Å². The third-order valence-electron chi connectivity index (χ3n) is 3.77. The van der Waals surface area contributed by atoms with Crippen LogP contribution in [0.1, 0.15) is 31.4 Å². The minimum absolute atomic E-state index is 0.153. The molecule has 22 heavy (non-hydrogen) atoms. The normalized spacial score (nSPS) is 19.6. The van der Waals surface area contributed by atoms with Crippen molar-refractivity contribution in [1.82, 2.24) is 4.90 Å². The summed E-state index contributed by atoms with van der Waals surface area (Å²) in [4.78, 5) is 24.8. The smallest absolute Gasteiger partial charge is 0.314 e. The SMILES string of the molecule is C[C@H](OC(=O)[C@@H]1CCCN(C(N)=O)C1)c1c(F)cccc1Cl. The standard InChI is InChI=1S/C15H18ClFN2O3/c1-9(13-11(16)5-2-6-12(13)17)22-14(20)10-4-3-7-19(8-10)15(18)21/h2,5-6,9-10H,3-4,7-8H2,1H3,(H2,18,21)/t9-,10+/m0/s1. The van der Waals surface area contributed by atoms with Gasteiger partial charge in [-0.2, -0.15) is 0 Å². The Balaban J connectivity index is 2.03. The van der Waals surface area contributed by atoms with Crippen LogP contribution in [0.2, 0.25) is 5.02 Å². The van der Waals surface area contributed by atoms with E-state index < -0.39 is 29.8 Å². The van der Waals surface area contributed by atoms with Gasteiger partial charge in [0.15, 0.2) is 0 Å². The summed E-state index contributed by atoms with van der Waals surface area (Å²) in [7, 11) is 0. The molecule has 5 nitrogen and oxygen atoms in total. The molecule has 1 aliphatic rings. The monoisotopic (exact) mass is 328 g/mol. The van der Waals surface area contributed by atoms with Crippen LogP contribution < -0.4 is 5.73 Å². The van der Waals surface area contributed by atoms with E-state index in [1.54, 1.807) is 13.0 Å². The van der Waals surface area contributed by atoms with Crippen LogP contribution in [0.25, 0.3) is 0 Å². The van der Waals surface area contributed by atoms with Gasteiger partial charge in [-0.1, -0.05) is 17.7 Å². The third-order valence-corrected chi connectivity index (χ3v) is 4.10. The fourth-order valence-corrected chi connectivity index (χ4v) is 2.91. The number of esters is 1. The number of amides is 2. The molecule has 0 aliphatic carbocycles.